The minimum Gasteiger partial charge on any atom is -0.468 e. The van der Waals surface area contributed by atoms with Crippen molar-refractivity contribution >= 4 is 28.9 Å². The molecular formula is C13H17N5O2S. The van der Waals surface area contributed by atoms with Crippen LogP contribution in [0.3, 0.4) is 0 Å². The zero-order valence-corrected chi connectivity index (χ0v) is 12.7. The monoisotopic (exact) mass is 307 g/mol. The Labute approximate surface area is 126 Å². The summed E-state index contributed by atoms with van der Waals surface area (Å²) in [5.41, 5.74) is 0.938. The lowest BCUT2D eigenvalue weighted by molar-refractivity contribution is -0.148. The highest BCUT2D eigenvalue weighted by Gasteiger charge is 2.45. The number of nitrogens with zero attached hydrogens (tertiary/aromatic N) is 3. The Morgan fingerprint density at radius 3 is 3.14 bits per heavy atom. The smallest absolute Gasteiger partial charge is 0.326 e. The third kappa shape index (κ3) is 2.49. The molecule has 2 atom stereocenters. The number of methoxy groups -OCH3 is 1. The zero-order valence-electron chi connectivity index (χ0n) is 11.9. The van der Waals surface area contributed by atoms with Crippen LogP contribution in [0.2, 0.25) is 0 Å². The number of esters is 1. The van der Waals surface area contributed by atoms with Gasteiger partial charge in [0.15, 0.2) is 5.65 Å². The summed E-state index contributed by atoms with van der Waals surface area (Å²) in [4.78, 5) is 27.6. The predicted octanol–water partition coefficient (Wildman–Crippen LogP) is 1.13. The standard InChI is InChI=1S/C13H17N5O2S/c1-14-13(12(19)20-2)4-3-8(5-13)21-11-9-10(16-6-15-9)17-7-18-11/h6-8,14H,3-5H2,1-2H3,(H,15,16,17,18). The van der Waals surface area contributed by atoms with Gasteiger partial charge >= 0.3 is 5.97 Å². The van der Waals surface area contributed by atoms with Gasteiger partial charge < -0.3 is 15.0 Å². The van der Waals surface area contributed by atoms with Gasteiger partial charge in [-0.25, -0.2) is 15.0 Å². The summed E-state index contributed by atoms with van der Waals surface area (Å²) in [6.07, 6.45) is 5.56. The third-order valence-corrected chi connectivity index (χ3v) is 5.26. The molecule has 2 N–H and O–H groups in total. The van der Waals surface area contributed by atoms with E-state index in [0.717, 1.165) is 29.8 Å². The number of H-pyrrole nitrogens is 1. The minimum atomic E-state index is -0.577. The van der Waals surface area contributed by atoms with Gasteiger partial charge in [0.2, 0.25) is 0 Å². The average molecular weight is 307 g/mol. The molecule has 0 radical (unpaired) electrons. The molecule has 0 saturated heterocycles. The van der Waals surface area contributed by atoms with Crippen molar-refractivity contribution in [1.82, 2.24) is 25.3 Å². The van der Waals surface area contributed by atoms with E-state index >= 15 is 0 Å². The van der Waals surface area contributed by atoms with Crippen LogP contribution >= 0.6 is 11.8 Å². The number of aromatic nitrogens is 4. The van der Waals surface area contributed by atoms with Crippen molar-refractivity contribution in [3.05, 3.63) is 12.7 Å². The number of carbonyl (C=O) groups excluding carboxylic acids is 1. The highest BCUT2D eigenvalue weighted by molar-refractivity contribution is 8.00. The van der Waals surface area contributed by atoms with E-state index in [2.05, 4.69) is 25.3 Å². The SMILES string of the molecule is CNC1(C(=O)OC)CCC(Sc2ncnc3nc[nH]c23)C1. The van der Waals surface area contributed by atoms with E-state index in [1.165, 1.54) is 13.4 Å². The van der Waals surface area contributed by atoms with Gasteiger partial charge in [-0.1, -0.05) is 0 Å². The molecule has 0 amide bonds. The van der Waals surface area contributed by atoms with Gasteiger partial charge in [0.05, 0.1) is 13.4 Å². The molecule has 2 aromatic rings. The first-order chi connectivity index (χ1) is 10.2. The van der Waals surface area contributed by atoms with Crippen LogP contribution in [0.1, 0.15) is 19.3 Å². The predicted molar refractivity (Wildman–Crippen MR) is 79.0 cm³/mol. The van der Waals surface area contributed by atoms with E-state index in [4.69, 9.17) is 4.74 Å². The number of hydrogen-bond acceptors (Lipinski definition) is 7. The molecule has 2 unspecified atom stereocenters. The molecule has 2 aromatic heterocycles. The van der Waals surface area contributed by atoms with Gasteiger partial charge in [-0.05, 0) is 26.3 Å². The van der Waals surface area contributed by atoms with E-state index in [1.54, 1.807) is 18.1 Å². The number of ether oxygens (including phenoxy) is 1. The van der Waals surface area contributed by atoms with E-state index in [0.29, 0.717) is 10.9 Å². The maximum Gasteiger partial charge on any atom is 0.326 e. The quantitative estimate of drug-likeness (QED) is 0.646. The highest BCUT2D eigenvalue weighted by atomic mass is 32.2. The first-order valence-corrected chi connectivity index (χ1v) is 7.64. The van der Waals surface area contributed by atoms with Gasteiger partial charge in [0.1, 0.15) is 22.4 Å². The zero-order chi connectivity index (χ0) is 14.9. The summed E-state index contributed by atoms with van der Waals surface area (Å²) in [6.45, 7) is 0. The Morgan fingerprint density at radius 2 is 2.38 bits per heavy atom. The second-order valence-corrected chi connectivity index (χ2v) is 6.38. The van der Waals surface area contributed by atoms with E-state index < -0.39 is 5.54 Å². The molecule has 7 nitrogen and oxygen atoms in total. The number of imidazole rings is 1. The van der Waals surface area contributed by atoms with Gasteiger partial charge in [-0.3, -0.25) is 4.79 Å². The van der Waals surface area contributed by atoms with E-state index in [9.17, 15) is 4.79 Å². The van der Waals surface area contributed by atoms with Crippen LogP contribution in [0.4, 0.5) is 0 Å². The molecule has 0 aliphatic heterocycles. The second kappa shape index (κ2) is 5.61. The van der Waals surface area contributed by atoms with Crippen LogP contribution in [0.5, 0.6) is 0 Å². The lowest BCUT2D eigenvalue weighted by Gasteiger charge is -2.25. The van der Waals surface area contributed by atoms with Gasteiger partial charge in [-0.2, -0.15) is 0 Å². The Kier molecular flexibility index (Phi) is 3.81. The van der Waals surface area contributed by atoms with Crippen LogP contribution in [0, 0.1) is 0 Å². The summed E-state index contributed by atoms with van der Waals surface area (Å²) in [6, 6.07) is 0. The number of fused-ring (bicyclic) bond motifs is 1. The van der Waals surface area contributed by atoms with Crippen LogP contribution in [0.25, 0.3) is 11.2 Å². The molecular weight excluding hydrogens is 290 g/mol. The molecule has 1 aliphatic carbocycles. The summed E-state index contributed by atoms with van der Waals surface area (Å²) < 4.78 is 4.93. The van der Waals surface area contributed by atoms with Crippen molar-refractivity contribution < 1.29 is 9.53 Å². The number of aromatic amines is 1. The summed E-state index contributed by atoms with van der Waals surface area (Å²) in [7, 11) is 3.24. The number of hydrogen-bond donors (Lipinski definition) is 2. The summed E-state index contributed by atoms with van der Waals surface area (Å²) in [5.74, 6) is -0.192. The van der Waals surface area contributed by atoms with Crippen LogP contribution < -0.4 is 5.32 Å². The van der Waals surface area contributed by atoms with Crippen LogP contribution in [-0.2, 0) is 9.53 Å². The largest absolute Gasteiger partial charge is 0.468 e. The Hall–Kier alpha value is -1.67. The molecule has 0 bridgehead atoms. The van der Waals surface area contributed by atoms with Crippen LogP contribution in [0.15, 0.2) is 17.7 Å². The fourth-order valence-corrected chi connectivity index (χ4v) is 4.10. The highest BCUT2D eigenvalue weighted by Crippen LogP contribution is 2.41. The number of rotatable bonds is 4. The first-order valence-electron chi connectivity index (χ1n) is 6.76. The second-order valence-electron chi connectivity index (χ2n) is 5.09. The molecule has 112 valence electrons. The van der Waals surface area contributed by atoms with Gasteiger partial charge in [0, 0.05) is 5.25 Å². The Balaban J connectivity index is 1.78. The van der Waals surface area contributed by atoms with Crippen molar-refractivity contribution in [1.29, 1.82) is 0 Å². The Bertz CT molecular complexity index is 661. The number of likely N-dealkylation sites (N-methyl/N-ethyl adjacent to an activating group) is 1. The molecule has 1 saturated carbocycles. The lowest BCUT2D eigenvalue weighted by atomic mass is 9.98. The summed E-state index contributed by atoms with van der Waals surface area (Å²) >= 11 is 1.66. The van der Waals surface area contributed by atoms with Crippen molar-refractivity contribution in [3.63, 3.8) is 0 Å². The number of carbonyl (C=O) groups is 1. The number of thioether (sulfide) groups is 1. The number of nitrogens with one attached hydrogen (secondary N) is 2. The van der Waals surface area contributed by atoms with Gasteiger partial charge in [-0.15, -0.1) is 11.8 Å². The molecule has 21 heavy (non-hydrogen) atoms. The third-order valence-electron chi connectivity index (χ3n) is 3.99. The summed E-state index contributed by atoms with van der Waals surface area (Å²) in [5, 5.41) is 4.31. The van der Waals surface area contributed by atoms with Crippen molar-refractivity contribution in [3.8, 4) is 0 Å². The molecule has 0 spiro atoms. The molecule has 0 aromatic carbocycles. The molecule has 3 rings (SSSR count). The maximum absolute atomic E-state index is 12.0. The fraction of sp³-hybridized carbons (Fsp3) is 0.538. The molecule has 8 heteroatoms. The maximum atomic E-state index is 12.0. The van der Waals surface area contributed by atoms with Crippen molar-refractivity contribution in [2.45, 2.75) is 35.1 Å². The molecule has 2 heterocycles. The van der Waals surface area contributed by atoms with Gasteiger partial charge in [0.25, 0.3) is 0 Å². The molecule has 1 aliphatic rings. The van der Waals surface area contributed by atoms with Crippen molar-refractivity contribution in [2.24, 2.45) is 0 Å². The fourth-order valence-electron chi connectivity index (χ4n) is 2.80. The Morgan fingerprint density at radius 1 is 1.52 bits per heavy atom. The van der Waals surface area contributed by atoms with E-state index in [1.807, 2.05) is 7.05 Å². The lowest BCUT2D eigenvalue weighted by Crippen LogP contribution is -2.49. The normalized spacial score (nSPS) is 25.3. The first kappa shape index (κ1) is 14.3. The van der Waals surface area contributed by atoms with E-state index in [-0.39, 0.29) is 5.97 Å². The molecule has 1 fully saturated rings. The minimum absolute atomic E-state index is 0.192. The topological polar surface area (TPSA) is 92.8 Å². The van der Waals surface area contributed by atoms with Crippen LogP contribution in [-0.4, -0.2) is 50.9 Å². The average Bonchev–Trinajstić information content (AvgIpc) is 3.14. The van der Waals surface area contributed by atoms with Crippen molar-refractivity contribution in [2.75, 3.05) is 14.2 Å².